The van der Waals surface area contributed by atoms with Crippen molar-refractivity contribution in [3.05, 3.63) is 98.7 Å². The molecular formula is C34H37BrN4O9. The molecule has 2 atom stereocenters. The highest BCUT2D eigenvalue weighted by atomic mass is 79.9. The summed E-state index contributed by atoms with van der Waals surface area (Å²) in [6.07, 6.45) is 0.380. The minimum Gasteiger partial charge on any atom is -0.490 e. The van der Waals surface area contributed by atoms with Gasteiger partial charge in [0.25, 0.3) is 0 Å². The fourth-order valence-electron chi connectivity index (χ4n) is 4.65. The summed E-state index contributed by atoms with van der Waals surface area (Å²) in [5, 5.41) is 19.9. The molecule has 0 radical (unpaired) electrons. The number of aliphatic hydroxyl groups excluding tert-OH is 1. The second kappa shape index (κ2) is 17.2. The number of ether oxygens (including phenoxy) is 5. The van der Waals surface area contributed by atoms with E-state index in [9.17, 15) is 19.5 Å². The van der Waals surface area contributed by atoms with Gasteiger partial charge in [-0.2, -0.15) is 5.10 Å². The lowest BCUT2D eigenvalue weighted by Crippen LogP contribution is -2.45. The molecule has 2 amide bonds. The Kier molecular flexibility index (Phi) is 12.8. The molecule has 3 aromatic carbocycles. The molecule has 254 valence electrons. The van der Waals surface area contributed by atoms with E-state index in [2.05, 4.69) is 37.1 Å². The lowest BCUT2D eigenvalue weighted by Gasteiger charge is -2.28. The quantitative estimate of drug-likeness (QED) is 0.0746. The zero-order valence-corrected chi connectivity index (χ0v) is 28.5. The molecule has 0 fully saturated rings. The Morgan fingerprint density at radius 3 is 2.42 bits per heavy atom. The molecule has 1 aliphatic heterocycles. The Balaban J connectivity index is 1.31. The number of benzene rings is 3. The Bertz CT molecular complexity index is 1680. The van der Waals surface area contributed by atoms with Crippen LogP contribution in [0.2, 0.25) is 0 Å². The highest BCUT2D eigenvalue weighted by molar-refractivity contribution is 9.10. The number of carbonyl (C=O) groups is 3. The summed E-state index contributed by atoms with van der Waals surface area (Å²) >= 11 is 3.51. The molecule has 1 aliphatic rings. The molecule has 0 unspecified atom stereocenters. The smallest absolute Gasteiger partial charge is 0.338 e. The number of esters is 2. The fraction of sp³-hybridized carbons (Fsp3) is 0.294. The van der Waals surface area contributed by atoms with E-state index in [1.165, 1.54) is 13.3 Å². The van der Waals surface area contributed by atoms with Crippen LogP contribution in [-0.2, 0) is 20.9 Å². The maximum absolute atomic E-state index is 12.5. The number of nitrogens with zero attached hydrogens (tertiary/aromatic N) is 1. The first-order valence-electron chi connectivity index (χ1n) is 15.0. The van der Waals surface area contributed by atoms with Crippen molar-refractivity contribution >= 4 is 40.1 Å². The Labute approximate surface area is 286 Å². The highest BCUT2D eigenvalue weighted by Gasteiger charge is 2.32. The van der Waals surface area contributed by atoms with Crippen LogP contribution in [0.15, 0.2) is 81.5 Å². The van der Waals surface area contributed by atoms with Crippen LogP contribution in [0.3, 0.4) is 0 Å². The Morgan fingerprint density at radius 1 is 0.979 bits per heavy atom. The van der Waals surface area contributed by atoms with Crippen molar-refractivity contribution < 1.29 is 43.2 Å². The van der Waals surface area contributed by atoms with E-state index in [1.807, 2.05) is 25.1 Å². The van der Waals surface area contributed by atoms with Crippen molar-refractivity contribution in [3.63, 3.8) is 0 Å². The van der Waals surface area contributed by atoms with E-state index in [1.54, 1.807) is 56.3 Å². The first-order valence-corrected chi connectivity index (χ1v) is 15.8. The van der Waals surface area contributed by atoms with Gasteiger partial charge in [0.2, 0.25) is 0 Å². The van der Waals surface area contributed by atoms with Gasteiger partial charge in [-0.1, -0.05) is 18.2 Å². The number of hydrogen-bond acceptors (Lipinski definition) is 11. The van der Waals surface area contributed by atoms with Crippen LogP contribution in [0.1, 0.15) is 53.9 Å². The topological polar surface area (TPSA) is 166 Å². The number of hydrogen-bond donors (Lipinski definition) is 4. The number of halogens is 1. The number of hydrazone groups is 1. The molecule has 0 saturated heterocycles. The lowest BCUT2D eigenvalue weighted by atomic mass is 9.95. The molecule has 3 aromatic rings. The zero-order valence-electron chi connectivity index (χ0n) is 26.9. The number of nitrogens with one attached hydrogen (secondary N) is 3. The van der Waals surface area contributed by atoms with E-state index in [-0.39, 0.29) is 18.1 Å². The average Bonchev–Trinajstić information content (AvgIpc) is 3.07. The molecule has 4 N–H and O–H groups in total. The number of methoxy groups -OCH3 is 1. The summed E-state index contributed by atoms with van der Waals surface area (Å²) in [6, 6.07) is 16.2. The van der Waals surface area contributed by atoms with E-state index < -0.39 is 24.3 Å². The van der Waals surface area contributed by atoms with Crippen molar-refractivity contribution in [2.45, 2.75) is 39.6 Å². The van der Waals surface area contributed by atoms with Crippen LogP contribution < -0.4 is 30.3 Å². The summed E-state index contributed by atoms with van der Waals surface area (Å²) in [7, 11) is 1.27. The molecule has 0 bridgehead atoms. The van der Waals surface area contributed by atoms with Crippen LogP contribution in [0, 0.1) is 0 Å². The summed E-state index contributed by atoms with van der Waals surface area (Å²) < 4.78 is 28.1. The molecule has 13 nitrogen and oxygen atoms in total. The maximum Gasteiger partial charge on any atom is 0.338 e. The van der Waals surface area contributed by atoms with Crippen molar-refractivity contribution in [1.82, 2.24) is 16.1 Å². The molecule has 0 saturated carbocycles. The number of aliphatic hydroxyl groups is 1. The van der Waals surface area contributed by atoms with Gasteiger partial charge >= 0.3 is 18.0 Å². The number of rotatable bonds is 15. The third kappa shape index (κ3) is 9.48. The van der Waals surface area contributed by atoms with Crippen molar-refractivity contribution in [1.29, 1.82) is 0 Å². The van der Waals surface area contributed by atoms with E-state index >= 15 is 0 Å². The van der Waals surface area contributed by atoms with E-state index in [4.69, 9.17) is 23.7 Å². The van der Waals surface area contributed by atoms with Gasteiger partial charge in [-0.3, -0.25) is 5.43 Å². The first-order chi connectivity index (χ1) is 23.1. The first kappa shape index (κ1) is 35.8. The minimum absolute atomic E-state index is 0.162. The van der Waals surface area contributed by atoms with Crippen LogP contribution in [0.5, 0.6) is 17.2 Å². The van der Waals surface area contributed by atoms with Crippen LogP contribution in [0.4, 0.5) is 4.79 Å². The predicted octanol–water partition coefficient (Wildman–Crippen LogP) is 4.73. The van der Waals surface area contributed by atoms with Crippen LogP contribution in [0.25, 0.3) is 0 Å². The van der Waals surface area contributed by atoms with Crippen molar-refractivity contribution in [2.24, 2.45) is 5.10 Å². The lowest BCUT2D eigenvalue weighted by molar-refractivity contribution is -0.136. The third-order valence-corrected chi connectivity index (χ3v) is 7.54. The van der Waals surface area contributed by atoms with Crippen LogP contribution in [-0.4, -0.2) is 62.4 Å². The maximum atomic E-state index is 12.5. The third-order valence-electron chi connectivity index (χ3n) is 6.92. The van der Waals surface area contributed by atoms with Gasteiger partial charge in [0.15, 0.2) is 17.7 Å². The van der Waals surface area contributed by atoms with E-state index in [0.717, 1.165) is 11.1 Å². The standard InChI is InChI=1S/C34H37BrN4O9/c1-5-45-28-16-24(31-30(33(42)44-4)20(3)37-34(43)38-31)12-14-27(28)48-19-29(40)39-36-17-22-9-13-26(25(35)15-22)47-18-21-7-10-23(11-8-21)32(41)46-6-2/h7-17,29,31,39-40H,5-6,18-19H2,1-4H3,(H2,37,38,43)/b36-17+/t29-,31+/m0/s1. The molecule has 0 aliphatic carbocycles. The molecule has 48 heavy (non-hydrogen) atoms. The summed E-state index contributed by atoms with van der Waals surface area (Å²) in [5.74, 6) is 0.388. The molecule has 14 heteroatoms. The molecule has 0 spiro atoms. The number of allylic oxidation sites excluding steroid dienone is 1. The fourth-order valence-corrected chi connectivity index (χ4v) is 5.16. The van der Waals surface area contributed by atoms with Gasteiger partial charge in [0.05, 0.1) is 48.2 Å². The highest BCUT2D eigenvalue weighted by Crippen LogP contribution is 2.35. The van der Waals surface area contributed by atoms with Crippen molar-refractivity contribution in [3.8, 4) is 17.2 Å². The van der Waals surface area contributed by atoms with Gasteiger partial charge in [-0.15, -0.1) is 0 Å². The predicted molar refractivity (Wildman–Crippen MR) is 180 cm³/mol. The minimum atomic E-state index is -1.16. The molecule has 0 aromatic heterocycles. The van der Waals surface area contributed by atoms with Crippen LogP contribution >= 0.6 is 15.9 Å². The summed E-state index contributed by atoms with van der Waals surface area (Å²) in [4.78, 5) is 36.4. The van der Waals surface area contributed by atoms with Gasteiger partial charge in [-0.05, 0) is 95.9 Å². The average molecular weight is 726 g/mol. The Morgan fingerprint density at radius 2 is 1.73 bits per heavy atom. The largest absolute Gasteiger partial charge is 0.490 e. The summed E-state index contributed by atoms with van der Waals surface area (Å²) in [5.41, 5.74) is 5.96. The Hall–Kier alpha value is -5.08. The van der Waals surface area contributed by atoms with Gasteiger partial charge < -0.3 is 39.4 Å². The van der Waals surface area contributed by atoms with Crippen molar-refractivity contribution in [2.75, 3.05) is 26.9 Å². The zero-order chi connectivity index (χ0) is 34.6. The summed E-state index contributed by atoms with van der Waals surface area (Å²) in [6.45, 7) is 5.97. The monoisotopic (exact) mass is 724 g/mol. The second-order valence-electron chi connectivity index (χ2n) is 10.3. The van der Waals surface area contributed by atoms with Gasteiger partial charge in [0.1, 0.15) is 19.0 Å². The normalized spacial score (nSPS) is 14.9. The number of amides is 2. The molecule has 1 heterocycles. The van der Waals surface area contributed by atoms with Gasteiger partial charge in [0, 0.05) is 5.70 Å². The number of carbonyl (C=O) groups excluding carboxylic acids is 3. The number of urea groups is 1. The van der Waals surface area contributed by atoms with Gasteiger partial charge in [-0.25, -0.2) is 14.4 Å². The second-order valence-corrected chi connectivity index (χ2v) is 11.2. The SMILES string of the molecule is CCOC(=O)c1ccc(COc2ccc(/C=N/N[C@@H](O)COc3ccc([C@H]4NC(=O)NC(C)=C4C(=O)OC)cc3OCC)cc2Br)cc1. The molecular weight excluding hydrogens is 688 g/mol. The molecule has 4 rings (SSSR count). The van der Waals surface area contributed by atoms with E-state index in [0.29, 0.717) is 58.4 Å².